The van der Waals surface area contributed by atoms with Gasteiger partial charge < -0.3 is 4.90 Å². The molecule has 0 bridgehead atoms. The number of hydrogen-bond acceptors (Lipinski definition) is 1. The summed E-state index contributed by atoms with van der Waals surface area (Å²) in [6, 6.07) is 11.1. The third kappa shape index (κ3) is 2.88. The van der Waals surface area contributed by atoms with E-state index in [1.807, 2.05) is 18.0 Å². The van der Waals surface area contributed by atoms with E-state index in [4.69, 9.17) is 0 Å². The number of anilines is 1. The Morgan fingerprint density at radius 2 is 1.72 bits per heavy atom. The van der Waals surface area contributed by atoms with Crippen molar-refractivity contribution in [2.24, 2.45) is 0 Å². The molecule has 4 heteroatoms. The second-order valence-electron chi connectivity index (χ2n) is 4.05. The second-order valence-corrected chi connectivity index (χ2v) is 4.84. The van der Waals surface area contributed by atoms with Crippen molar-refractivity contribution in [1.82, 2.24) is 0 Å². The minimum atomic E-state index is -0.278. The molecule has 2 rings (SSSR count). The first-order valence-corrected chi connectivity index (χ1v) is 6.27. The van der Waals surface area contributed by atoms with Crippen LogP contribution in [0.4, 0.5) is 14.5 Å². The van der Waals surface area contributed by atoms with E-state index in [1.165, 1.54) is 18.2 Å². The van der Waals surface area contributed by atoms with Gasteiger partial charge in [-0.3, -0.25) is 0 Å². The van der Waals surface area contributed by atoms with Crippen molar-refractivity contribution < 1.29 is 8.78 Å². The zero-order valence-corrected chi connectivity index (χ0v) is 11.4. The highest BCUT2D eigenvalue weighted by molar-refractivity contribution is 9.10. The number of hydrogen-bond donors (Lipinski definition) is 0. The van der Waals surface area contributed by atoms with E-state index in [1.54, 1.807) is 18.2 Å². The monoisotopic (exact) mass is 311 g/mol. The average Bonchev–Trinajstić information content (AvgIpc) is 2.36. The van der Waals surface area contributed by atoms with Crippen LogP contribution in [0, 0.1) is 11.6 Å². The fourth-order valence-electron chi connectivity index (χ4n) is 1.71. The van der Waals surface area contributed by atoms with Crippen LogP contribution in [0.5, 0.6) is 0 Å². The van der Waals surface area contributed by atoms with Crippen molar-refractivity contribution in [1.29, 1.82) is 0 Å². The van der Waals surface area contributed by atoms with Gasteiger partial charge in [0.2, 0.25) is 0 Å². The van der Waals surface area contributed by atoms with Gasteiger partial charge in [0.25, 0.3) is 0 Å². The summed E-state index contributed by atoms with van der Waals surface area (Å²) in [5, 5.41) is 0. The molecular formula is C14H12BrF2N. The molecule has 2 aromatic carbocycles. The van der Waals surface area contributed by atoms with E-state index in [2.05, 4.69) is 15.9 Å². The lowest BCUT2D eigenvalue weighted by Gasteiger charge is -2.20. The summed E-state index contributed by atoms with van der Waals surface area (Å²) in [5.74, 6) is -0.543. The molecule has 1 nitrogen and oxygen atoms in total. The van der Waals surface area contributed by atoms with E-state index in [0.717, 1.165) is 11.3 Å². The number of rotatable bonds is 3. The highest BCUT2D eigenvalue weighted by Gasteiger charge is 2.08. The van der Waals surface area contributed by atoms with Crippen molar-refractivity contribution >= 4 is 21.6 Å². The standard InChI is InChI=1S/C14H12BrF2N/c1-18(12-7-5-11(16)6-8-12)9-10-3-2-4-13(17)14(10)15/h2-8H,9H2,1H3. The van der Waals surface area contributed by atoms with Gasteiger partial charge in [-0.05, 0) is 51.8 Å². The summed E-state index contributed by atoms with van der Waals surface area (Å²) in [6.07, 6.45) is 0. The lowest BCUT2D eigenvalue weighted by Crippen LogP contribution is -2.16. The largest absolute Gasteiger partial charge is 0.370 e. The van der Waals surface area contributed by atoms with Crippen molar-refractivity contribution in [3.05, 3.63) is 64.1 Å². The predicted octanol–water partition coefficient (Wildman–Crippen LogP) is 4.36. The second kappa shape index (κ2) is 5.48. The molecule has 0 aromatic heterocycles. The van der Waals surface area contributed by atoms with Gasteiger partial charge in [0.1, 0.15) is 11.6 Å². The molecule has 0 saturated carbocycles. The fourth-order valence-corrected chi connectivity index (χ4v) is 2.10. The van der Waals surface area contributed by atoms with Crippen molar-refractivity contribution in [2.45, 2.75) is 6.54 Å². The lowest BCUT2D eigenvalue weighted by molar-refractivity contribution is 0.617. The fraction of sp³-hybridized carbons (Fsp3) is 0.143. The van der Waals surface area contributed by atoms with Crippen LogP contribution in [0.25, 0.3) is 0 Å². The van der Waals surface area contributed by atoms with Gasteiger partial charge in [0.15, 0.2) is 0 Å². The van der Waals surface area contributed by atoms with Gasteiger partial charge in [0, 0.05) is 19.3 Å². The van der Waals surface area contributed by atoms with Crippen molar-refractivity contribution in [2.75, 3.05) is 11.9 Å². The van der Waals surface area contributed by atoms with Crippen LogP contribution in [0.1, 0.15) is 5.56 Å². The Bertz CT molecular complexity index is 540. The molecule has 0 N–H and O–H groups in total. The smallest absolute Gasteiger partial charge is 0.137 e. The van der Waals surface area contributed by atoms with E-state index >= 15 is 0 Å². The summed E-state index contributed by atoms with van der Waals surface area (Å²) in [4.78, 5) is 1.93. The topological polar surface area (TPSA) is 3.24 Å². The molecule has 0 atom stereocenters. The number of benzene rings is 2. The molecule has 94 valence electrons. The summed E-state index contributed by atoms with van der Waals surface area (Å²) < 4.78 is 26.7. The molecule has 0 spiro atoms. The van der Waals surface area contributed by atoms with Crippen LogP contribution in [0.15, 0.2) is 46.9 Å². The molecule has 0 aliphatic heterocycles. The van der Waals surface area contributed by atoms with Gasteiger partial charge in [-0.2, -0.15) is 0 Å². The molecule has 0 fully saturated rings. The highest BCUT2D eigenvalue weighted by Crippen LogP contribution is 2.23. The third-order valence-corrected chi connectivity index (χ3v) is 3.59. The summed E-state index contributed by atoms with van der Waals surface area (Å²) in [6.45, 7) is 0.546. The molecule has 0 aliphatic rings. The molecular weight excluding hydrogens is 300 g/mol. The van der Waals surface area contributed by atoms with Gasteiger partial charge in [0.05, 0.1) is 4.47 Å². The Labute approximate surface area is 113 Å². The minimum absolute atomic E-state index is 0.265. The van der Waals surface area contributed by atoms with Crippen LogP contribution in [0.3, 0.4) is 0 Å². The van der Waals surface area contributed by atoms with E-state index in [9.17, 15) is 8.78 Å². The minimum Gasteiger partial charge on any atom is -0.370 e. The molecule has 0 heterocycles. The van der Waals surface area contributed by atoms with Crippen LogP contribution >= 0.6 is 15.9 Å². The first-order valence-electron chi connectivity index (χ1n) is 5.47. The van der Waals surface area contributed by atoms with Gasteiger partial charge in [-0.15, -0.1) is 0 Å². The summed E-state index contributed by atoms with van der Waals surface area (Å²) >= 11 is 3.23. The zero-order valence-electron chi connectivity index (χ0n) is 9.83. The zero-order chi connectivity index (χ0) is 13.1. The Kier molecular flexibility index (Phi) is 3.97. The van der Waals surface area contributed by atoms with Gasteiger partial charge in [-0.1, -0.05) is 12.1 Å². The molecule has 0 radical (unpaired) electrons. The molecule has 0 aliphatic carbocycles. The van der Waals surface area contributed by atoms with Crippen LogP contribution in [0.2, 0.25) is 0 Å². The third-order valence-electron chi connectivity index (χ3n) is 2.71. The number of nitrogens with zero attached hydrogens (tertiary/aromatic N) is 1. The van der Waals surface area contributed by atoms with Gasteiger partial charge >= 0.3 is 0 Å². The van der Waals surface area contributed by atoms with Crippen molar-refractivity contribution in [3.8, 4) is 0 Å². The maximum absolute atomic E-state index is 13.4. The number of halogens is 3. The Hall–Kier alpha value is -1.42. The summed E-state index contributed by atoms with van der Waals surface area (Å²) in [7, 11) is 1.88. The van der Waals surface area contributed by atoms with E-state index in [-0.39, 0.29) is 11.6 Å². The van der Waals surface area contributed by atoms with Crippen molar-refractivity contribution in [3.63, 3.8) is 0 Å². The van der Waals surface area contributed by atoms with Gasteiger partial charge in [-0.25, -0.2) is 8.78 Å². The maximum atomic E-state index is 13.4. The Morgan fingerprint density at radius 1 is 1.06 bits per heavy atom. The predicted molar refractivity (Wildman–Crippen MR) is 72.6 cm³/mol. The molecule has 0 amide bonds. The Morgan fingerprint density at radius 3 is 2.39 bits per heavy atom. The Balaban J connectivity index is 2.18. The average molecular weight is 312 g/mol. The van der Waals surface area contributed by atoms with E-state index in [0.29, 0.717) is 11.0 Å². The first kappa shape index (κ1) is 13.0. The SMILES string of the molecule is CN(Cc1cccc(F)c1Br)c1ccc(F)cc1. The normalized spacial score (nSPS) is 10.4. The van der Waals surface area contributed by atoms with Crippen LogP contribution in [-0.4, -0.2) is 7.05 Å². The highest BCUT2D eigenvalue weighted by atomic mass is 79.9. The maximum Gasteiger partial charge on any atom is 0.137 e. The van der Waals surface area contributed by atoms with Crippen LogP contribution in [-0.2, 0) is 6.54 Å². The molecule has 2 aromatic rings. The first-order chi connectivity index (χ1) is 8.58. The lowest BCUT2D eigenvalue weighted by atomic mass is 10.2. The summed E-state index contributed by atoms with van der Waals surface area (Å²) in [5.41, 5.74) is 1.73. The molecule has 0 saturated heterocycles. The van der Waals surface area contributed by atoms with Crippen LogP contribution < -0.4 is 4.90 Å². The molecule has 18 heavy (non-hydrogen) atoms. The molecule has 0 unspecified atom stereocenters. The quantitative estimate of drug-likeness (QED) is 0.814. The van der Waals surface area contributed by atoms with E-state index < -0.39 is 0 Å².